The molecule has 0 saturated heterocycles. The molecule has 0 fully saturated rings. The predicted molar refractivity (Wildman–Crippen MR) is 52.0 cm³/mol. The van der Waals surface area contributed by atoms with Gasteiger partial charge in [-0.1, -0.05) is 26.2 Å². The van der Waals surface area contributed by atoms with Gasteiger partial charge in [-0.25, -0.2) is 0 Å². The monoisotopic (exact) mass is 202 g/mol. The van der Waals surface area contributed by atoms with Crippen LogP contribution in [0.1, 0.15) is 39.0 Å². The molecule has 0 bridgehead atoms. The maximum atomic E-state index is 11.1. The summed E-state index contributed by atoms with van der Waals surface area (Å²) < 4.78 is 0. The summed E-state index contributed by atoms with van der Waals surface area (Å²) in [6, 6.07) is 0. The zero-order valence-electron chi connectivity index (χ0n) is 8.53. The average molecular weight is 202 g/mol. The van der Waals surface area contributed by atoms with E-state index in [1.807, 2.05) is 6.92 Å². The number of carboxylic acid groups (broad SMARTS) is 1. The van der Waals surface area contributed by atoms with Crippen molar-refractivity contribution in [2.75, 3.05) is 6.61 Å². The fourth-order valence-corrected chi connectivity index (χ4v) is 1.36. The fraction of sp³-hybridized carbons (Fsp3) is 0.800. The van der Waals surface area contributed by atoms with Crippen molar-refractivity contribution < 1.29 is 19.8 Å². The van der Waals surface area contributed by atoms with Gasteiger partial charge in [-0.15, -0.1) is 0 Å². The second-order valence-electron chi connectivity index (χ2n) is 3.41. The molecule has 0 spiro atoms. The van der Waals surface area contributed by atoms with E-state index in [0.717, 1.165) is 19.3 Å². The number of aliphatic hydroxyl groups is 1. The number of aliphatic carboxylic acids is 1. The van der Waals surface area contributed by atoms with Crippen LogP contribution in [-0.2, 0) is 9.59 Å². The summed E-state index contributed by atoms with van der Waals surface area (Å²) in [6.07, 6.45) is 3.28. The zero-order chi connectivity index (χ0) is 11.0. The molecule has 0 aliphatic heterocycles. The van der Waals surface area contributed by atoms with E-state index in [-0.39, 0.29) is 12.2 Å². The second-order valence-corrected chi connectivity index (χ2v) is 3.41. The fourth-order valence-electron chi connectivity index (χ4n) is 1.36. The minimum Gasteiger partial charge on any atom is -0.481 e. The van der Waals surface area contributed by atoms with E-state index in [1.54, 1.807) is 0 Å². The molecule has 2 N–H and O–H groups in total. The molecule has 0 aromatic carbocycles. The van der Waals surface area contributed by atoms with Gasteiger partial charge in [0, 0.05) is 5.92 Å². The van der Waals surface area contributed by atoms with Crippen LogP contribution in [0.5, 0.6) is 0 Å². The molecule has 0 aliphatic rings. The van der Waals surface area contributed by atoms with E-state index in [0.29, 0.717) is 6.42 Å². The summed E-state index contributed by atoms with van der Waals surface area (Å²) >= 11 is 0. The highest BCUT2D eigenvalue weighted by atomic mass is 16.4. The Morgan fingerprint density at radius 2 is 1.93 bits per heavy atom. The van der Waals surface area contributed by atoms with Gasteiger partial charge in [-0.3, -0.25) is 9.59 Å². The number of hydrogen-bond donors (Lipinski definition) is 2. The first kappa shape index (κ1) is 13.1. The van der Waals surface area contributed by atoms with Crippen LogP contribution in [0.2, 0.25) is 0 Å². The molecular formula is C10H18O4. The van der Waals surface area contributed by atoms with Gasteiger partial charge in [0.2, 0.25) is 0 Å². The molecule has 0 heterocycles. The Balaban J connectivity index is 3.97. The zero-order valence-corrected chi connectivity index (χ0v) is 8.53. The lowest BCUT2D eigenvalue weighted by Crippen LogP contribution is -2.21. The third-order valence-electron chi connectivity index (χ3n) is 2.19. The van der Waals surface area contributed by atoms with Gasteiger partial charge >= 0.3 is 5.97 Å². The Hall–Kier alpha value is -0.900. The first-order chi connectivity index (χ1) is 6.61. The van der Waals surface area contributed by atoms with Gasteiger partial charge < -0.3 is 10.2 Å². The quantitative estimate of drug-likeness (QED) is 0.580. The van der Waals surface area contributed by atoms with Gasteiger partial charge in [0.25, 0.3) is 0 Å². The standard InChI is InChI=1S/C10H18O4/c1-2-3-4-5-8(6-10(13)14)9(12)7-11/h8,11H,2-7H2,1H3,(H,13,14). The number of rotatable bonds is 8. The summed E-state index contributed by atoms with van der Waals surface area (Å²) in [7, 11) is 0. The SMILES string of the molecule is CCCCCC(CC(=O)O)C(=O)CO. The summed E-state index contributed by atoms with van der Waals surface area (Å²) in [5, 5.41) is 17.2. The third-order valence-corrected chi connectivity index (χ3v) is 2.19. The molecule has 0 amide bonds. The van der Waals surface area contributed by atoms with E-state index < -0.39 is 18.5 Å². The molecule has 0 saturated carbocycles. The van der Waals surface area contributed by atoms with Crippen LogP contribution in [0.25, 0.3) is 0 Å². The molecule has 4 nitrogen and oxygen atoms in total. The first-order valence-corrected chi connectivity index (χ1v) is 4.97. The molecule has 1 unspecified atom stereocenters. The van der Waals surface area contributed by atoms with Crippen molar-refractivity contribution in [3.8, 4) is 0 Å². The second kappa shape index (κ2) is 7.50. The lowest BCUT2D eigenvalue weighted by Gasteiger charge is -2.11. The van der Waals surface area contributed by atoms with E-state index in [9.17, 15) is 9.59 Å². The van der Waals surface area contributed by atoms with Crippen molar-refractivity contribution in [3.05, 3.63) is 0 Å². The normalized spacial score (nSPS) is 12.4. The highest BCUT2D eigenvalue weighted by molar-refractivity contribution is 5.85. The number of aliphatic hydroxyl groups excluding tert-OH is 1. The van der Waals surface area contributed by atoms with Crippen LogP contribution >= 0.6 is 0 Å². The molecule has 0 aromatic heterocycles. The van der Waals surface area contributed by atoms with Crippen molar-refractivity contribution in [1.29, 1.82) is 0 Å². The molecule has 4 heteroatoms. The number of Topliss-reactive ketones (excluding diaryl/α,β-unsaturated/α-hetero) is 1. The lowest BCUT2D eigenvalue weighted by molar-refractivity contribution is -0.141. The Kier molecular flexibility index (Phi) is 7.02. The lowest BCUT2D eigenvalue weighted by atomic mass is 9.94. The highest BCUT2D eigenvalue weighted by Gasteiger charge is 2.19. The summed E-state index contributed by atoms with van der Waals surface area (Å²) in [5.74, 6) is -1.85. The molecule has 82 valence electrons. The van der Waals surface area contributed by atoms with Crippen molar-refractivity contribution >= 4 is 11.8 Å². The topological polar surface area (TPSA) is 74.6 Å². The largest absolute Gasteiger partial charge is 0.481 e. The van der Waals surface area contributed by atoms with Gasteiger partial charge in [0.15, 0.2) is 5.78 Å². The average Bonchev–Trinajstić information content (AvgIpc) is 2.15. The van der Waals surface area contributed by atoms with Gasteiger partial charge in [0.05, 0.1) is 6.42 Å². The van der Waals surface area contributed by atoms with E-state index in [1.165, 1.54) is 0 Å². The number of carbonyl (C=O) groups is 2. The van der Waals surface area contributed by atoms with Gasteiger partial charge in [0.1, 0.15) is 6.61 Å². The van der Waals surface area contributed by atoms with Crippen LogP contribution in [0.3, 0.4) is 0 Å². The van der Waals surface area contributed by atoms with Gasteiger partial charge in [-0.2, -0.15) is 0 Å². The molecular weight excluding hydrogens is 184 g/mol. The van der Waals surface area contributed by atoms with Gasteiger partial charge in [-0.05, 0) is 6.42 Å². The molecule has 0 aliphatic carbocycles. The minimum atomic E-state index is -0.978. The molecule has 1 atom stereocenters. The van der Waals surface area contributed by atoms with Crippen molar-refractivity contribution in [2.45, 2.75) is 39.0 Å². The number of hydrogen-bond acceptors (Lipinski definition) is 3. The van der Waals surface area contributed by atoms with Crippen LogP contribution in [-0.4, -0.2) is 28.6 Å². The predicted octanol–water partition coefficient (Wildman–Crippen LogP) is 1.22. The smallest absolute Gasteiger partial charge is 0.304 e. The van der Waals surface area contributed by atoms with E-state index in [2.05, 4.69) is 0 Å². The van der Waals surface area contributed by atoms with E-state index in [4.69, 9.17) is 10.2 Å². The Morgan fingerprint density at radius 1 is 1.29 bits per heavy atom. The third kappa shape index (κ3) is 5.70. The van der Waals surface area contributed by atoms with E-state index >= 15 is 0 Å². The molecule has 0 aromatic rings. The molecule has 0 rings (SSSR count). The maximum Gasteiger partial charge on any atom is 0.304 e. The minimum absolute atomic E-state index is 0.164. The van der Waals surface area contributed by atoms with Crippen molar-refractivity contribution in [1.82, 2.24) is 0 Å². The van der Waals surface area contributed by atoms with Crippen LogP contribution < -0.4 is 0 Å². The van der Waals surface area contributed by atoms with Crippen molar-refractivity contribution in [3.63, 3.8) is 0 Å². The first-order valence-electron chi connectivity index (χ1n) is 4.97. The summed E-state index contributed by atoms with van der Waals surface area (Å²) in [6.45, 7) is 1.49. The Morgan fingerprint density at radius 3 is 2.36 bits per heavy atom. The van der Waals surface area contributed by atoms with Crippen LogP contribution in [0.15, 0.2) is 0 Å². The molecule has 0 radical (unpaired) electrons. The van der Waals surface area contributed by atoms with Crippen LogP contribution in [0.4, 0.5) is 0 Å². The number of carbonyl (C=O) groups excluding carboxylic acids is 1. The van der Waals surface area contributed by atoms with Crippen LogP contribution in [0, 0.1) is 5.92 Å². The maximum absolute atomic E-state index is 11.1. The Labute approximate surface area is 83.9 Å². The number of unbranched alkanes of at least 4 members (excludes halogenated alkanes) is 2. The number of ketones is 1. The highest BCUT2D eigenvalue weighted by Crippen LogP contribution is 2.14. The summed E-state index contributed by atoms with van der Waals surface area (Å²) in [5.41, 5.74) is 0. The summed E-state index contributed by atoms with van der Waals surface area (Å²) in [4.78, 5) is 21.6. The molecule has 14 heavy (non-hydrogen) atoms. The van der Waals surface area contributed by atoms with Crippen molar-refractivity contribution in [2.24, 2.45) is 5.92 Å². The Bertz CT molecular complexity index is 189. The number of carboxylic acids is 1.